The summed E-state index contributed by atoms with van der Waals surface area (Å²) in [4.78, 5) is 12.6. The molecule has 28 heavy (non-hydrogen) atoms. The minimum absolute atomic E-state index is 0.236. The molecule has 1 saturated heterocycles. The Morgan fingerprint density at radius 2 is 1.46 bits per heavy atom. The maximum absolute atomic E-state index is 14.7. The summed E-state index contributed by atoms with van der Waals surface area (Å²) in [5.74, 6) is -3.00. The smallest absolute Gasteiger partial charge is 0.344 e. The van der Waals surface area contributed by atoms with E-state index in [1.165, 1.54) is 12.1 Å². The highest BCUT2D eigenvalue weighted by molar-refractivity contribution is 5.90. The van der Waals surface area contributed by atoms with Crippen LogP contribution in [0.1, 0.15) is 62.4 Å². The highest BCUT2D eigenvalue weighted by Gasteiger charge is 2.40. The summed E-state index contributed by atoms with van der Waals surface area (Å²) in [7, 11) is 0. The second-order valence-corrected chi connectivity index (χ2v) is 8.87. The molecule has 5 heteroatoms. The van der Waals surface area contributed by atoms with E-state index in [-0.39, 0.29) is 17.0 Å². The molecular formula is C23H27F2NO2. The fourth-order valence-electron chi connectivity index (χ4n) is 4.28. The molecule has 3 rings (SSSR count). The molecular weight excluding hydrogens is 360 g/mol. The van der Waals surface area contributed by atoms with Crippen LogP contribution in [-0.4, -0.2) is 23.2 Å². The number of esters is 1. The van der Waals surface area contributed by atoms with Crippen molar-refractivity contribution in [2.24, 2.45) is 0 Å². The van der Waals surface area contributed by atoms with E-state index in [9.17, 15) is 13.6 Å². The number of hydrogen-bond acceptors (Lipinski definition) is 3. The number of nitrogens with one attached hydrogen (secondary N) is 1. The molecule has 0 amide bonds. The average molecular weight is 387 g/mol. The van der Waals surface area contributed by atoms with Crippen LogP contribution in [0.25, 0.3) is 0 Å². The largest absolute Gasteiger partial charge is 0.458 e. The van der Waals surface area contributed by atoms with Crippen molar-refractivity contribution in [1.29, 1.82) is 0 Å². The molecule has 0 bridgehead atoms. The van der Waals surface area contributed by atoms with Gasteiger partial charge in [0.2, 0.25) is 0 Å². The van der Waals surface area contributed by atoms with Gasteiger partial charge in [0.15, 0.2) is 0 Å². The quantitative estimate of drug-likeness (QED) is 0.725. The molecule has 1 heterocycles. The lowest BCUT2D eigenvalue weighted by Crippen LogP contribution is -2.59. The Hall–Kier alpha value is -2.27. The summed E-state index contributed by atoms with van der Waals surface area (Å²) in [6.45, 7) is 8.08. The van der Waals surface area contributed by atoms with E-state index in [1.807, 2.05) is 64.2 Å². The molecule has 0 unspecified atom stereocenters. The molecule has 1 aliphatic carbocycles. The van der Waals surface area contributed by atoms with Crippen molar-refractivity contribution < 1.29 is 18.3 Å². The predicted molar refractivity (Wildman–Crippen MR) is 106 cm³/mol. The highest BCUT2D eigenvalue weighted by Crippen LogP contribution is 2.32. The van der Waals surface area contributed by atoms with Crippen LogP contribution in [0.3, 0.4) is 0 Å². The van der Waals surface area contributed by atoms with Gasteiger partial charge < -0.3 is 10.1 Å². The van der Waals surface area contributed by atoms with Gasteiger partial charge in [0.1, 0.15) is 23.3 Å². The molecule has 150 valence electrons. The van der Waals surface area contributed by atoms with Gasteiger partial charge >= 0.3 is 5.97 Å². The third-order valence-electron chi connectivity index (χ3n) is 5.05. The zero-order chi connectivity index (χ0) is 20.5. The normalized spacial score (nSPS) is 21.5. The van der Waals surface area contributed by atoms with Gasteiger partial charge in [0.05, 0.1) is 0 Å². The summed E-state index contributed by atoms with van der Waals surface area (Å²) in [5, 5.41) is 3.49. The van der Waals surface area contributed by atoms with Crippen LogP contribution in [0.5, 0.6) is 0 Å². The van der Waals surface area contributed by atoms with Crippen LogP contribution in [0.2, 0.25) is 0 Å². The third kappa shape index (κ3) is 4.76. The van der Waals surface area contributed by atoms with E-state index in [0.29, 0.717) is 18.4 Å². The van der Waals surface area contributed by atoms with Gasteiger partial charge in [0, 0.05) is 29.8 Å². The van der Waals surface area contributed by atoms with Crippen LogP contribution in [0.4, 0.5) is 8.78 Å². The summed E-state index contributed by atoms with van der Waals surface area (Å²) < 4.78 is 34.8. The minimum Gasteiger partial charge on any atom is -0.458 e. The Bertz CT molecular complexity index is 797. The fraction of sp³-hybridized carbons (Fsp3) is 0.435. The summed E-state index contributed by atoms with van der Waals surface area (Å²) in [5.41, 5.74) is -0.649. The summed E-state index contributed by atoms with van der Waals surface area (Å²) >= 11 is 0. The van der Waals surface area contributed by atoms with Gasteiger partial charge in [-0.2, -0.15) is 0 Å². The summed E-state index contributed by atoms with van der Waals surface area (Å²) in [6, 6.07) is 2.42. The number of allylic oxidation sites excluding steroid dienone is 6. The number of halogens is 2. The molecule has 0 saturated carbocycles. The van der Waals surface area contributed by atoms with Gasteiger partial charge in [-0.25, -0.2) is 13.6 Å². The first-order valence-corrected chi connectivity index (χ1v) is 9.57. The SMILES string of the molecule is CC1(C)CC(OC(=O)c2c(F)cc(C3C=CC=CC=C3)cc2F)CC(C)(C)N1. The molecule has 0 radical (unpaired) electrons. The van der Waals surface area contributed by atoms with E-state index in [1.54, 1.807) is 0 Å². The Morgan fingerprint density at radius 1 is 0.964 bits per heavy atom. The first-order valence-electron chi connectivity index (χ1n) is 9.57. The number of rotatable bonds is 3. The van der Waals surface area contributed by atoms with E-state index in [2.05, 4.69) is 5.32 Å². The predicted octanol–water partition coefficient (Wildman–Crippen LogP) is 5.20. The number of benzene rings is 1. The monoisotopic (exact) mass is 387 g/mol. The van der Waals surface area contributed by atoms with Crippen LogP contribution >= 0.6 is 0 Å². The van der Waals surface area contributed by atoms with Crippen molar-refractivity contribution in [2.45, 2.75) is 63.6 Å². The van der Waals surface area contributed by atoms with Crippen molar-refractivity contribution in [2.75, 3.05) is 0 Å². The van der Waals surface area contributed by atoms with Crippen molar-refractivity contribution in [1.82, 2.24) is 5.32 Å². The van der Waals surface area contributed by atoms with Crippen LogP contribution in [0.15, 0.2) is 48.6 Å². The maximum atomic E-state index is 14.7. The molecule has 0 atom stereocenters. The number of piperidine rings is 1. The zero-order valence-electron chi connectivity index (χ0n) is 16.8. The number of hydrogen-bond donors (Lipinski definition) is 1. The maximum Gasteiger partial charge on any atom is 0.344 e. The summed E-state index contributed by atoms with van der Waals surface area (Å²) in [6.07, 6.45) is 11.8. The van der Waals surface area contributed by atoms with E-state index < -0.39 is 29.3 Å². The Morgan fingerprint density at radius 3 is 1.96 bits per heavy atom. The zero-order valence-corrected chi connectivity index (χ0v) is 16.8. The van der Waals surface area contributed by atoms with Gasteiger partial charge in [-0.15, -0.1) is 0 Å². The average Bonchev–Trinajstić information content (AvgIpc) is 2.80. The molecule has 1 fully saturated rings. The molecule has 1 aliphatic heterocycles. The van der Waals surface area contributed by atoms with Gasteiger partial charge in [-0.1, -0.05) is 36.5 Å². The van der Waals surface area contributed by atoms with Gasteiger partial charge in [-0.3, -0.25) is 0 Å². The van der Waals surface area contributed by atoms with Crippen molar-refractivity contribution in [3.05, 3.63) is 71.4 Å². The molecule has 3 nitrogen and oxygen atoms in total. The first-order chi connectivity index (χ1) is 13.1. The standard InChI is InChI=1S/C23H27F2NO2/c1-22(2)13-17(14-23(3,4)26-22)28-21(27)20-18(24)11-16(12-19(20)25)15-9-7-5-6-8-10-15/h5-12,15,17,26H,13-14H2,1-4H3. The van der Waals surface area contributed by atoms with Gasteiger partial charge in [-0.05, 0) is 45.4 Å². The number of carbonyl (C=O) groups excluding carboxylic acids is 1. The van der Waals surface area contributed by atoms with E-state index in [4.69, 9.17) is 4.74 Å². The van der Waals surface area contributed by atoms with Crippen molar-refractivity contribution >= 4 is 5.97 Å². The Labute approximate surface area is 165 Å². The molecule has 2 aliphatic rings. The lowest BCUT2D eigenvalue weighted by molar-refractivity contribution is -0.00712. The van der Waals surface area contributed by atoms with Crippen molar-refractivity contribution in [3.8, 4) is 0 Å². The first kappa shape index (κ1) is 20.5. The molecule has 1 aromatic carbocycles. The minimum atomic E-state index is -0.950. The van der Waals surface area contributed by atoms with Crippen LogP contribution in [-0.2, 0) is 4.74 Å². The van der Waals surface area contributed by atoms with Crippen molar-refractivity contribution in [3.63, 3.8) is 0 Å². The second kappa shape index (κ2) is 7.63. The lowest BCUT2D eigenvalue weighted by Gasteiger charge is -2.45. The van der Waals surface area contributed by atoms with Crippen LogP contribution in [0, 0.1) is 11.6 Å². The Kier molecular flexibility index (Phi) is 5.57. The highest BCUT2D eigenvalue weighted by atomic mass is 19.1. The number of carbonyl (C=O) groups is 1. The van der Waals surface area contributed by atoms with Gasteiger partial charge in [0.25, 0.3) is 0 Å². The molecule has 0 aromatic heterocycles. The number of ether oxygens (including phenoxy) is 1. The molecule has 1 N–H and O–H groups in total. The van der Waals surface area contributed by atoms with E-state index >= 15 is 0 Å². The topological polar surface area (TPSA) is 38.3 Å². The Balaban J connectivity index is 1.80. The second-order valence-electron chi connectivity index (χ2n) is 8.87. The molecule has 0 spiro atoms. The lowest BCUT2D eigenvalue weighted by atomic mass is 9.81. The third-order valence-corrected chi connectivity index (χ3v) is 5.05. The fourth-order valence-corrected chi connectivity index (χ4v) is 4.28. The van der Waals surface area contributed by atoms with Crippen LogP contribution < -0.4 is 5.32 Å². The molecule has 1 aromatic rings. The van der Waals surface area contributed by atoms with E-state index in [0.717, 1.165) is 0 Å².